The van der Waals surface area contributed by atoms with Crippen LogP contribution in [0.2, 0.25) is 0 Å². The van der Waals surface area contributed by atoms with Gasteiger partial charge >= 0.3 is 5.69 Å². The second-order valence-electron chi connectivity index (χ2n) is 7.75. The van der Waals surface area contributed by atoms with Gasteiger partial charge in [0, 0.05) is 19.3 Å². The van der Waals surface area contributed by atoms with Crippen LogP contribution in [0.25, 0.3) is 5.69 Å². The van der Waals surface area contributed by atoms with Gasteiger partial charge in [0.05, 0.1) is 36.6 Å². The summed E-state index contributed by atoms with van der Waals surface area (Å²) < 4.78 is 38.4. The van der Waals surface area contributed by atoms with Gasteiger partial charge in [0.15, 0.2) is 0 Å². The van der Waals surface area contributed by atoms with Gasteiger partial charge in [-0.3, -0.25) is 14.8 Å². The van der Waals surface area contributed by atoms with Crippen LogP contribution in [0, 0.1) is 6.92 Å². The van der Waals surface area contributed by atoms with Gasteiger partial charge in [-0.1, -0.05) is 0 Å². The molecule has 0 spiro atoms. The Morgan fingerprint density at radius 1 is 1.11 bits per heavy atom. The Morgan fingerprint density at radius 3 is 2.43 bits per heavy atom. The van der Waals surface area contributed by atoms with E-state index in [1.54, 1.807) is 31.2 Å². The molecule has 0 aliphatic carbocycles. The zero-order valence-electron chi connectivity index (χ0n) is 19.1. The number of H-pyrrole nitrogens is 1. The number of aliphatic imine (C=N–C) groups is 1. The van der Waals surface area contributed by atoms with E-state index in [2.05, 4.69) is 9.98 Å². The Balaban J connectivity index is 1.67. The average molecular weight is 501 g/mol. The van der Waals surface area contributed by atoms with Gasteiger partial charge in [-0.05, 0) is 55.0 Å². The lowest BCUT2D eigenvalue weighted by Crippen LogP contribution is -2.40. The molecule has 3 aromatic rings. The number of nitrogens with one attached hydrogen (secondary N) is 1. The van der Waals surface area contributed by atoms with E-state index >= 15 is 0 Å². The number of rotatable bonds is 6. The molecule has 2 aromatic carbocycles. The van der Waals surface area contributed by atoms with Gasteiger partial charge in [-0.2, -0.15) is 4.31 Å². The molecule has 0 unspecified atom stereocenters. The van der Waals surface area contributed by atoms with E-state index in [9.17, 15) is 23.1 Å². The molecule has 0 saturated carbocycles. The van der Waals surface area contributed by atoms with Crippen LogP contribution in [0.4, 0.5) is 5.69 Å². The van der Waals surface area contributed by atoms with Crippen molar-refractivity contribution in [1.82, 2.24) is 13.9 Å². The third-order valence-electron chi connectivity index (χ3n) is 5.56. The number of hydrogen-bond donors (Lipinski definition) is 2. The molecule has 1 fully saturated rings. The van der Waals surface area contributed by atoms with E-state index in [1.807, 2.05) is 0 Å². The first-order valence-electron chi connectivity index (χ1n) is 10.7. The smallest absolute Gasteiger partial charge is 0.335 e. The standard InChI is InChI=1S/C23H24N4O7S/c1-15-13-18(35(31,32)26-9-11-34-12-10-26)7-8-20(15)24-14-19-21(28)25-23(30)27(22(19)29)16-3-5-17(33-2)6-4-16/h3-8,13-14,29H,9-12H2,1-2H3,(H,25,28,30). The lowest BCUT2D eigenvalue weighted by molar-refractivity contribution is 0.0730. The van der Waals surface area contributed by atoms with E-state index in [1.165, 1.54) is 29.6 Å². The Morgan fingerprint density at radius 2 is 1.80 bits per heavy atom. The SMILES string of the molecule is COc1ccc(-n2c(O)c(C=Nc3ccc(S(=O)(=O)N4CCOCC4)cc3C)c(=O)[nH]c2=O)cc1. The van der Waals surface area contributed by atoms with Crippen molar-refractivity contribution in [3.05, 3.63) is 74.4 Å². The Bertz CT molecular complexity index is 1490. The molecule has 35 heavy (non-hydrogen) atoms. The number of nitrogens with zero attached hydrogens (tertiary/aromatic N) is 3. The fraction of sp³-hybridized carbons (Fsp3) is 0.261. The molecule has 184 valence electrons. The summed E-state index contributed by atoms with van der Waals surface area (Å²) in [6, 6.07) is 10.8. The first-order chi connectivity index (χ1) is 16.7. The van der Waals surface area contributed by atoms with Gasteiger partial charge in [-0.15, -0.1) is 0 Å². The van der Waals surface area contributed by atoms with E-state index in [0.717, 1.165) is 10.8 Å². The molecule has 1 aliphatic heterocycles. The van der Waals surface area contributed by atoms with E-state index in [-0.39, 0.29) is 23.5 Å². The van der Waals surface area contributed by atoms with E-state index in [4.69, 9.17) is 9.47 Å². The normalized spacial score (nSPS) is 14.9. The predicted molar refractivity (Wildman–Crippen MR) is 129 cm³/mol. The molecule has 0 bridgehead atoms. The van der Waals surface area contributed by atoms with Crippen molar-refractivity contribution in [3.8, 4) is 17.3 Å². The number of sulfonamides is 1. The molecule has 11 nitrogen and oxygen atoms in total. The quantitative estimate of drug-likeness (QED) is 0.486. The zero-order valence-corrected chi connectivity index (χ0v) is 19.9. The van der Waals surface area contributed by atoms with Crippen LogP contribution >= 0.6 is 0 Å². The molecular formula is C23H24N4O7S. The van der Waals surface area contributed by atoms with Crippen LogP contribution in [0.3, 0.4) is 0 Å². The zero-order chi connectivity index (χ0) is 25.2. The van der Waals surface area contributed by atoms with Crippen molar-refractivity contribution in [1.29, 1.82) is 0 Å². The van der Waals surface area contributed by atoms with Gasteiger partial charge in [-0.25, -0.2) is 17.8 Å². The van der Waals surface area contributed by atoms with Crippen LogP contribution in [-0.2, 0) is 14.8 Å². The number of benzene rings is 2. The lowest BCUT2D eigenvalue weighted by Gasteiger charge is -2.26. The van der Waals surface area contributed by atoms with Crippen LogP contribution in [0.15, 0.2) is 61.9 Å². The number of hydrogen-bond acceptors (Lipinski definition) is 8. The number of aryl methyl sites for hydroxylation is 1. The highest BCUT2D eigenvalue weighted by molar-refractivity contribution is 7.89. The van der Waals surface area contributed by atoms with Gasteiger partial charge in [0.25, 0.3) is 5.56 Å². The first kappa shape index (κ1) is 24.4. The number of aromatic hydroxyl groups is 1. The maximum absolute atomic E-state index is 12.9. The summed E-state index contributed by atoms with van der Waals surface area (Å²) in [5.74, 6) is -0.0288. The molecule has 0 radical (unpaired) electrons. The maximum Gasteiger partial charge on any atom is 0.335 e. The number of aromatic amines is 1. The molecule has 4 rings (SSSR count). The summed E-state index contributed by atoms with van der Waals surface area (Å²) in [7, 11) is -2.17. The molecule has 0 atom stereocenters. The lowest BCUT2D eigenvalue weighted by atomic mass is 10.2. The number of aromatic nitrogens is 2. The van der Waals surface area contributed by atoms with Crippen molar-refractivity contribution in [3.63, 3.8) is 0 Å². The predicted octanol–water partition coefficient (Wildman–Crippen LogP) is 1.32. The summed E-state index contributed by atoms with van der Waals surface area (Å²) in [5.41, 5.74) is -0.603. The van der Waals surface area contributed by atoms with Crippen LogP contribution in [-0.4, -0.2) is 67.0 Å². The van der Waals surface area contributed by atoms with Crippen LogP contribution in [0.1, 0.15) is 11.1 Å². The highest BCUT2D eigenvalue weighted by atomic mass is 32.2. The second-order valence-corrected chi connectivity index (χ2v) is 9.69. The molecule has 2 heterocycles. The number of ether oxygens (including phenoxy) is 2. The highest BCUT2D eigenvalue weighted by Gasteiger charge is 2.26. The van der Waals surface area contributed by atoms with E-state index < -0.39 is 27.2 Å². The molecule has 12 heteroatoms. The summed E-state index contributed by atoms with van der Waals surface area (Å²) in [6.45, 7) is 2.95. The van der Waals surface area contributed by atoms with Gasteiger partial charge < -0.3 is 14.6 Å². The monoisotopic (exact) mass is 500 g/mol. The van der Waals surface area contributed by atoms with Crippen LogP contribution < -0.4 is 16.0 Å². The third-order valence-corrected chi connectivity index (χ3v) is 7.45. The minimum atomic E-state index is -3.67. The molecule has 1 aromatic heterocycles. The highest BCUT2D eigenvalue weighted by Crippen LogP contribution is 2.25. The Hall–Kier alpha value is -3.74. The largest absolute Gasteiger partial charge is 0.497 e. The van der Waals surface area contributed by atoms with Crippen molar-refractivity contribution in [2.75, 3.05) is 33.4 Å². The van der Waals surface area contributed by atoms with Gasteiger partial charge in [0.2, 0.25) is 15.9 Å². The molecule has 0 amide bonds. The first-order valence-corrected chi connectivity index (χ1v) is 12.1. The summed E-state index contributed by atoms with van der Waals surface area (Å²) in [6.07, 6.45) is 1.13. The summed E-state index contributed by atoms with van der Waals surface area (Å²) >= 11 is 0. The van der Waals surface area contributed by atoms with Crippen molar-refractivity contribution >= 4 is 21.9 Å². The molecule has 1 saturated heterocycles. The summed E-state index contributed by atoms with van der Waals surface area (Å²) in [5, 5.41) is 10.7. The number of methoxy groups -OCH3 is 1. The van der Waals surface area contributed by atoms with Gasteiger partial charge in [0.1, 0.15) is 11.3 Å². The third kappa shape index (κ3) is 4.90. The van der Waals surface area contributed by atoms with Crippen molar-refractivity contribution < 1.29 is 23.0 Å². The minimum absolute atomic E-state index is 0.129. The minimum Gasteiger partial charge on any atom is -0.497 e. The average Bonchev–Trinajstić information content (AvgIpc) is 2.85. The van der Waals surface area contributed by atoms with E-state index in [0.29, 0.717) is 35.9 Å². The Kier molecular flexibility index (Phi) is 6.87. The fourth-order valence-electron chi connectivity index (χ4n) is 3.63. The van der Waals surface area contributed by atoms with Crippen molar-refractivity contribution in [2.45, 2.75) is 11.8 Å². The Labute approximate surface area is 201 Å². The number of morpholine rings is 1. The molecular weight excluding hydrogens is 476 g/mol. The second kappa shape index (κ2) is 9.86. The van der Waals surface area contributed by atoms with Crippen molar-refractivity contribution in [2.24, 2.45) is 4.99 Å². The molecule has 1 aliphatic rings. The fourth-order valence-corrected chi connectivity index (χ4v) is 5.12. The molecule has 2 N–H and O–H groups in total. The summed E-state index contributed by atoms with van der Waals surface area (Å²) in [4.78, 5) is 31.3. The van der Waals surface area contributed by atoms with Crippen LogP contribution in [0.5, 0.6) is 11.6 Å². The maximum atomic E-state index is 12.9. The topological polar surface area (TPSA) is 143 Å².